The summed E-state index contributed by atoms with van der Waals surface area (Å²) in [6.07, 6.45) is 2.44. The van der Waals surface area contributed by atoms with E-state index in [0.29, 0.717) is 39.5 Å². The molecule has 0 aromatic heterocycles. The van der Waals surface area contributed by atoms with Gasteiger partial charge < -0.3 is 58.0 Å². The van der Waals surface area contributed by atoms with Gasteiger partial charge in [-0.2, -0.15) is 0 Å². The lowest BCUT2D eigenvalue weighted by molar-refractivity contribution is -0.223. The van der Waals surface area contributed by atoms with Crippen molar-refractivity contribution in [1.82, 2.24) is 10.6 Å². The average molecular weight is 841 g/mol. The Morgan fingerprint density at radius 1 is 0.583 bits per heavy atom. The number of ether oxygens (including phenoxy) is 10. The van der Waals surface area contributed by atoms with Gasteiger partial charge in [0.05, 0.1) is 39.3 Å². The van der Waals surface area contributed by atoms with Crippen LogP contribution in [-0.2, 0) is 70.2 Å². The van der Waals surface area contributed by atoms with Gasteiger partial charge in [0.15, 0.2) is 24.2 Å². The SMILES string of the molecule is CCOC(=O)C[C@H](NCCCCCCCCN[C@@H](CC(=O)OCC)C1O[C@@H]2OC(C)(C)O[C@@H]2[C@H]1OCc1ccccc1)C1O[C@@H]2OC(C)(C)O[C@@H]2[C@H]1OCc1ccccc1. The van der Waals surface area contributed by atoms with E-state index < -0.39 is 60.8 Å². The number of carbonyl (C=O) groups is 2. The number of fused-ring (bicyclic) bond motifs is 2. The smallest absolute Gasteiger partial charge is 0.307 e. The Balaban J connectivity index is 0.960. The largest absolute Gasteiger partial charge is 0.466 e. The number of esters is 2. The van der Waals surface area contributed by atoms with Crippen LogP contribution in [0.4, 0.5) is 0 Å². The zero-order valence-electron chi connectivity index (χ0n) is 36.3. The Morgan fingerprint density at radius 2 is 0.967 bits per heavy atom. The second-order valence-corrected chi connectivity index (χ2v) is 16.9. The van der Waals surface area contributed by atoms with Crippen molar-refractivity contribution in [2.75, 3.05) is 26.3 Å². The first-order chi connectivity index (χ1) is 28.9. The number of carbonyl (C=O) groups excluding carboxylic acids is 2. The summed E-state index contributed by atoms with van der Waals surface area (Å²) in [7, 11) is 0. The molecule has 0 spiro atoms. The van der Waals surface area contributed by atoms with Crippen LogP contribution in [0.1, 0.15) is 104 Å². The van der Waals surface area contributed by atoms with Gasteiger partial charge in [0.1, 0.15) is 36.6 Å². The topological polar surface area (TPSA) is 150 Å². The maximum absolute atomic E-state index is 12.8. The third-order valence-electron chi connectivity index (χ3n) is 11.2. The van der Waals surface area contributed by atoms with Crippen molar-refractivity contribution < 1.29 is 57.0 Å². The highest BCUT2D eigenvalue weighted by atomic mass is 16.9. The number of benzene rings is 2. The molecule has 0 amide bonds. The van der Waals surface area contributed by atoms with E-state index in [2.05, 4.69) is 10.6 Å². The molecule has 4 heterocycles. The minimum atomic E-state index is -0.800. The van der Waals surface area contributed by atoms with Crippen LogP contribution in [-0.4, -0.2) is 111 Å². The Hall–Kier alpha value is -3.02. The van der Waals surface area contributed by atoms with Gasteiger partial charge in [-0.1, -0.05) is 86.3 Å². The van der Waals surface area contributed by atoms with Gasteiger partial charge in [-0.05, 0) is 78.6 Å². The summed E-state index contributed by atoms with van der Waals surface area (Å²) in [6.45, 7) is 13.9. The third-order valence-corrected chi connectivity index (χ3v) is 11.2. The van der Waals surface area contributed by atoms with Crippen LogP contribution in [0, 0.1) is 0 Å². The van der Waals surface area contributed by atoms with Crippen LogP contribution in [0.3, 0.4) is 0 Å². The van der Waals surface area contributed by atoms with Gasteiger partial charge in [0, 0.05) is 12.1 Å². The second-order valence-electron chi connectivity index (χ2n) is 16.9. The van der Waals surface area contributed by atoms with Crippen molar-refractivity contribution in [2.24, 2.45) is 0 Å². The summed E-state index contributed by atoms with van der Waals surface area (Å²) in [5.74, 6) is -2.18. The molecule has 334 valence electrons. The van der Waals surface area contributed by atoms with Gasteiger partial charge >= 0.3 is 11.9 Å². The predicted octanol–water partition coefficient (Wildman–Crippen LogP) is 6.07. The molecule has 14 nitrogen and oxygen atoms in total. The molecule has 2 unspecified atom stereocenters. The summed E-state index contributed by atoms with van der Waals surface area (Å²) < 4.78 is 61.2. The van der Waals surface area contributed by atoms with E-state index in [9.17, 15) is 9.59 Å². The van der Waals surface area contributed by atoms with Crippen LogP contribution in [0.2, 0.25) is 0 Å². The lowest BCUT2D eigenvalue weighted by atomic mass is 9.99. The minimum absolute atomic E-state index is 0.141. The fraction of sp³-hybridized carbons (Fsp3) is 0.696. The maximum atomic E-state index is 12.8. The van der Waals surface area contributed by atoms with Crippen molar-refractivity contribution in [3.05, 3.63) is 71.8 Å². The molecule has 0 saturated carbocycles. The standard InChI is InChI=1S/C46H68N2O12/c1-7-51-35(49)27-33(37-39(53-29-31-21-15-13-16-22-31)41-43(55-37)59-45(3,4)57-41)47-25-19-11-9-10-12-20-26-48-34(28-36(50)52-8-2)38-40(54-30-32-23-17-14-18-24-32)42-44(56-38)60-46(5,6)58-42/h13-18,21-24,33-34,37-44,47-48H,7-12,19-20,25-30H2,1-6H3/t33-,34-,37?,38?,39-,40-,41+,42+,43+,44+/m0/s1. The Morgan fingerprint density at radius 3 is 1.35 bits per heavy atom. The van der Waals surface area contributed by atoms with Crippen molar-refractivity contribution in [3.63, 3.8) is 0 Å². The van der Waals surface area contributed by atoms with Crippen LogP contribution < -0.4 is 10.6 Å². The number of rotatable bonds is 25. The lowest BCUT2D eigenvalue weighted by Crippen LogP contribution is -2.50. The molecule has 10 atom stereocenters. The molecule has 0 bridgehead atoms. The second kappa shape index (κ2) is 22.4. The molecule has 4 saturated heterocycles. The first-order valence-corrected chi connectivity index (χ1v) is 22.1. The van der Waals surface area contributed by atoms with E-state index in [1.807, 2.05) is 102 Å². The molecule has 14 heteroatoms. The quantitative estimate of drug-likeness (QED) is 0.0879. The summed E-state index contributed by atoms with van der Waals surface area (Å²) in [5.41, 5.74) is 2.08. The molecular formula is C46H68N2O12. The molecular weight excluding hydrogens is 773 g/mol. The summed E-state index contributed by atoms with van der Waals surface area (Å²) in [6, 6.07) is 19.3. The highest BCUT2D eigenvalue weighted by Crippen LogP contribution is 2.42. The monoisotopic (exact) mass is 840 g/mol. The Bertz CT molecular complexity index is 1480. The Labute approximate surface area is 355 Å². The fourth-order valence-corrected chi connectivity index (χ4v) is 8.51. The lowest BCUT2D eigenvalue weighted by Gasteiger charge is -2.31. The first kappa shape index (κ1) is 46.5. The van der Waals surface area contributed by atoms with Crippen molar-refractivity contribution >= 4 is 11.9 Å². The van der Waals surface area contributed by atoms with Gasteiger partial charge in [0.2, 0.25) is 0 Å². The van der Waals surface area contributed by atoms with Crippen molar-refractivity contribution in [2.45, 2.75) is 179 Å². The molecule has 4 aliphatic heterocycles. The minimum Gasteiger partial charge on any atom is -0.466 e. The summed E-state index contributed by atoms with van der Waals surface area (Å²) in [5, 5.41) is 7.20. The molecule has 2 N–H and O–H groups in total. The van der Waals surface area contributed by atoms with E-state index >= 15 is 0 Å². The molecule has 4 aliphatic rings. The van der Waals surface area contributed by atoms with Crippen LogP contribution in [0.5, 0.6) is 0 Å². The molecule has 0 aliphatic carbocycles. The normalized spacial score (nSPS) is 28.6. The molecule has 2 aromatic rings. The predicted molar refractivity (Wildman–Crippen MR) is 221 cm³/mol. The van der Waals surface area contributed by atoms with Crippen LogP contribution in [0.15, 0.2) is 60.7 Å². The number of hydrogen-bond donors (Lipinski definition) is 2. The zero-order chi connectivity index (χ0) is 42.5. The highest BCUT2D eigenvalue weighted by molar-refractivity contribution is 5.70. The van der Waals surface area contributed by atoms with Crippen molar-refractivity contribution in [3.8, 4) is 0 Å². The van der Waals surface area contributed by atoms with Crippen molar-refractivity contribution in [1.29, 1.82) is 0 Å². The average Bonchev–Trinajstić information content (AvgIpc) is 3.91. The van der Waals surface area contributed by atoms with Gasteiger partial charge in [-0.25, -0.2) is 0 Å². The number of unbranched alkanes of at least 4 members (excludes halogenated alkanes) is 5. The van der Waals surface area contributed by atoms with Crippen LogP contribution in [0.25, 0.3) is 0 Å². The van der Waals surface area contributed by atoms with Gasteiger partial charge in [0.25, 0.3) is 0 Å². The molecule has 60 heavy (non-hydrogen) atoms. The van der Waals surface area contributed by atoms with E-state index in [4.69, 9.17) is 47.4 Å². The fourth-order valence-electron chi connectivity index (χ4n) is 8.51. The number of nitrogens with one attached hydrogen (secondary N) is 2. The Kier molecular flexibility index (Phi) is 17.3. The summed E-state index contributed by atoms with van der Waals surface area (Å²) in [4.78, 5) is 25.6. The van der Waals surface area contributed by atoms with Gasteiger partial charge in [-0.15, -0.1) is 0 Å². The van der Waals surface area contributed by atoms with E-state index in [1.54, 1.807) is 0 Å². The maximum Gasteiger partial charge on any atom is 0.307 e. The summed E-state index contributed by atoms with van der Waals surface area (Å²) >= 11 is 0. The number of hydrogen-bond acceptors (Lipinski definition) is 14. The molecule has 4 fully saturated rings. The van der Waals surface area contributed by atoms with Crippen LogP contribution >= 0.6 is 0 Å². The third kappa shape index (κ3) is 13.2. The highest BCUT2D eigenvalue weighted by Gasteiger charge is 2.58. The van der Waals surface area contributed by atoms with Gasteiger partial charge in [-0.3, -0.25) is 9.59 Å². The molecule has 0 radical (unpaired) electrons. The van der Waals surface area contributed by atoms with E-state index in [0.717, 1.165) is 49.7 Å². The van der Waals surface area contributed by atoms with E-state index in [1.165, 1.54) is 0 Å². The molecule has 6 rings (SSSR count). The first-order valence-electron chi connectivity index (χ1n) is 22.1. The van der Waals surface area contributed by atoms with E-state index in [-0.39, 0.29) is 36.9 Å². The zero-order valence-corrected chi connectivity index (χ0v) is 36.3. The molecule has 2 aromatic carbocycles.